The number of carbonyl (C=O) groups is 2. The quantitative estimate of drug-likeness (QED) is 0.875. The van der Waals surface area contributed by atoms with E-state index in [4.69, 9.17) is 0 Å². The summed E-state index contributed by atoms with van der Waals surface area (Å²) in [6.07, 6.45) is 3.83. The summed E-state index contributed by atoms with van der Waals surface area (Å²) in [6.45, 7) is 0.157. The van der Waals surface area contributed by atoms with E-state index in [2.05, 4.69) is 5.32 Å². The Morgan fingerprint density at radius 3 is 2.79 bits per heavy atom. The van der Waals surface area contributed by atoms with Gasteiger partial charge in [0.15, 0.2) is 0 Å². The van der Waals surface area contributed by atoms with Crippen molar-refractivity contribution in [3.8, 4) is 0 Å². The molecular formula is C14H14N2O3. The average molecular weight is 258 g/mol. The smallest absolute Gasteiger partial charge is 0.337 e. The summed E-state index contributed by atoms with van der Waals surface area (Å²) in [5.41, 5.74) is 0.822. The zero-order chi connectivity index (χ0) is 13.4. The van der Waals surface area contributed by atoms with Gasteiger partial charge >= 0.3 is 5.97 Å². The van der Waals surface area contributed by atoms with Crippen molar-refractivity contribution >= 4 is 22.8 Å². The van der Waals surface area contributed by atoms with Crippen LogP contribution in [0.15, 0.2) is 30.5 Å². The van der Waals surface area contributed by atoms with Crippen LogP contribution in [0, 0.1) is 0 Å². The number of carboxylic acids is 1. The van der Waals surface area contributed by atoms with Gasteiger partial charge in [-0.05, 0) is 25.0 Å². The fourth-order valence-corrected chi connectivity index (χ4v) is 2.22. The molecule has 1 amide bonds. The van der Waals surface area contributed by atoms with E-state index in [-0.39, 0.29) is 18.0 Å². The van der Waals surface area contributed by atoms with E-state index in [0.717, 1.165) is 18.2 Å². The summed E-state index contributed by atoms with van der Waals surface area (Å²) in [5, 5.41) is 12.9. The van der Waals surface area contributed by atoms with Gasteiger partial charge < -0.3 is 15.0 Å². The van der Waals surface area contributed by atoms with E-state index in [1.54, 1.807) is 22.9 Å². The second kappa shape index (κ2) is 4.42. The van der Waals surface area contributed by atoms with Gasteiger partial charge in [-0.2, -0.15) is 0 Å². The Labute approximate surface area is 109 Å². The summed E-state index contributed by atoms with van der Waals surface area (Å²) < 4.78 is 1.69. The second-order valence-electron chi connectivity index (χ2n) is 4.83. The van der Waals surface area contributed by atoms with Crippen LogP contribution in [0.25, 0.3) is 10.9 Å². The highest BCUT2D eigenvalue weighted by Crippen LogP contribution is 2.21. The molecule has 3 rings (SSSR count). The van der Waals surface area contributed by atoms with Crippen LogP contribution in [0.3, 0.4) is 0 Å². The number of rotatable bonds is 4. The molecule has 0 aliphatic heterocycles. The Morgan fingerprint density at radius 1 is 1.32 bits per heavy atom. The zero-order valence-electron chi connectivity index (χ0n) is 10.3. The molecule has 0 bridgehead atoms. The first-order valence-electron chi connectivity index (χ1n) is 6.25. The van der Waals surface area contributed by atoms with Gasteiger partial charge in [0.1, 0.15) is 6.54 Å². The highest BCUT2D eigenvalue weighted by Gasteiger charge is 2.23. The van der Waals surface area contributed by atoms with Gasteiger partial charge in [-0.1, -0.05) is 12.1 Å². The summed E-state index contributed by atoms with van der Waals surface area (Å²) in [5.74, 6) is -1.05. The normalized spacial score (nSPS) is 14.5. The number of aromatic nitrogens is 1. The minimum absolute atomic E-state index is 0.0693. The first-order valence-corrected chi connectivity index (χ1v) is 6.25. The van der Waals surface area contributed by atoms with E-state index in [1.807, 2.05) is 12.1 Å². The van der Waals surface area contributed by atoms with Crippen molar-refractivity contribution in [2.75, 3.05) is 0 Å². The molecule has 0 radical (unpaired) electrons. The molecular weight excluding hydrogens is 244 g/mol. The van der Waals surface area contributed by atoms with Gasteiger partial charge in [0.25, 0.3) is 0 Å². The van der Waals surface area contributed by atoms with Gasteiger partial charge in [-0.3, -0.25) is 4.79 Å². The monoisotopic (exact) mass is 258 g/mol. The van der Waals surface area contributed by atoms with Gasteiger partial charge in [-0.15, -0.1) is 0 Å². The molecule has 1 heterocycles. The van der Waals surface area contributed by atoms with E-state index in [9.17, 15) is 14.7 Å². The lowest BCUT2D eigenvalue weighted by atomic mass is 10.1. The van der Waals surface area contributed by atoms with Crippen molar-refractivity contribution in [3.63, 3.8) is 0 Å². The summed E-state index contributed by atoms with van der Waals surface area (Å²) >= 11 is 0. The fourth-order valence-electron chi connectivity index (χ4n) is 2.22. The van der Waals surface area contributed by atoms with Crippen LogP contribution in [-0.4, -0.2) is 27.6 Å². The SMILES string of the molecule is O=C(Cn1ccc2cccc(C(=O)O)c21)NC1CC1. The molecule has 0 spiro atoms. The number of carbonyl (C=O) groups excluding carboxylic acids is 1. The Morgan fingerprint density at radius 2 is 2.11 bits per heavy atom. The summed E-state index contributed by atoms with van der Waals surface area (Å²) in [4.78, 5) is 23.0. The number of amides is 1. The number of fused-ring (bicyclic) bond motifs is 1. The number of benzene rings is 1. The molecule has 2 aromatic rings. The summed E-state index contributed by atoms with van der Waals surface area (Å²) in [7, 11) is 0. The molecule has 0 saturated heterocycles. The Kier molecular flexibility index (Phi) is 2.74. The molecule has 1 aromatic carbocycles. The molecule has 0 unspecified atom stereocenters. The molecule has 0 atom stereocenters. The van der Waals surface area contributed by atoms with Gasteiger partial charge in [0.05, 0.1) is 11.1 Å². The largest absolute Gasteiger partial charge is 0.478 e. The van der Waals surface area contributed by atoms with Crippen LogP contribution in [0.2, 0.25) is 0 Å². The maximum absolute atomic E-state index is 11.8. The second-order valence-corrected chi connectivity index (χ2v) is 4.83. The van der Waals surface area contributed by atoms with Crippen LogP contribution in [0.4, 0.5) is 0 Å². The van der Waals surface area contributed by atoms with E-state index >= 15 is 0 Å². The Balaban J connectivity index is 1.94. The van der Waals surface area contributed by atoms with Crippen molar-refractivity contribution in [1.82, 2.24) is 9.88 Å². The predicted molar refractivity (Wildman–Crippen MR) is 70.1 cm³/mol. The third-order valence-corrected chi connectivity index (χ3v) is 3.28. The lowest BCUT2D eigenvalue weighted by Gasteiger charge is -2.08. The molecule has 1 aromatic heterocycles. The number of para-hydroxylation sites is 1. The number of nitrogens with zero attached hydrogens (tertiary/aromatic N) is 1. The van der Waals surface area contributed by atoms with Gasteiger partial charge in [0.2, 0.25) is 5.91 Å². The first kappa shape index (κ1) is 11.8. The molecule has 1 aliphatic rings. The van der Waals surface area contributed by atoms with Gasteiger partial charge in [0, 0.05) is 17.6 Å². The molecule has 19 heavy (non-hydrogen) atoms. The number of hydrogen-bond acceptors (Lipinski definition) is 2. The molecule has 1 saturated carbocycles. The van der Waals surface area contributed by atoms with Crippen molar-refractivity contribution in [2.24, 2.45) is 0 Å². The maximum Gasteiger partial charge on any atom is 0.337 e. The first-order chi connectivity index (χ1) is 9.15. The third-order valence-electron chi connectivity index (χ3n) is 3.28. The zero-order valence-corrected chi connectivity index (χ0v) is 10.3. The lowest BCUT2D eigenvalue weighted by molar-refractivity contribution is -0.121. The van der Waals surface area contributed by atoms with E-state index in [1.165, 1.54) is 0 Å². The summed E-state index contributed by atoms with van der Waals surface area (Å²) in [6, 6.07) is 7.25. The van der Waals surface area contributed by atoms with Crippen molar-refractivity contribution in [2.45, 2.75) is 25.4 Å². The molecule has 2 N–H and O–H groups in total. The highest BCUT2D eigenvalue weighted by molar-refractivity contribution is 6.02. The number of carboxylic acid groups (broad SMARTS) is 1. The third kappa shape index (κ3) is 2.31. The van der Waals surface area contributed by atoms with Crippen LogP contribution in [0.1, 0.15) is 23.2 Å². The Bertz CT molecular complexity index is 656. The van der Waals surface area contributed by atoms with Crippen LogP contribution >= 0.6 is 0 Å². The molecule has 1 fully saturated rings. The molecule has 98 valence electrons. The Hall–Kier alpha value is -2.30. The van der Waals surface area contributed by atoms with Crippen LogP contribution in [0.5, 0.6) is 0 Å². The average Bonchev–Trinajstić information content (AvgIpc) is 3.09. The fraction of sp³-hybridized carbons (Fsp3) is 0.286. The van der Waals surface area contributed by atoms with Crippen LogP contribution < -0.4 is 5.32 Å². The standard InChI is InChI=1S/C14H14N2O3/c17-12(15-10-4-5-10)8-16-7-6-9-2-1-3-11(13(9)16)14(18)19/h1-3,6-7,10H,4-5,8H2,(H,15,17)(H,18,19). The van der Waals surface area contributed by atoms with Crippen molar-refractivity contribution < 1.29 is 14.7 Å². The number of aromatic carboxylic acids is 1. The predicted octanol–water partition coefficient (Wildman–Crippen LogP) is 1.62. The minimum atomic E-state index is -0.979. The van der Waals surface area contributed by atoms with E-state index in [0.29, 0.717) is 11.6 Å². The highest BCUT2D eigenvalue weighted by atomic mass is 16.4. The minimum Gasteiger partial charge on any atom is -0.478 e. The molecule has 5 heteroatoms. The number of hydrogen-bond donors (Lipinski definition) is 2. The van der Waals surface area contributed by atoms with Crippen molar-refractivity contribution in [1.29, 1.82) is 0 Å². The van der Waals surface area contributed by atoms with E-state index < -0.39 is 5.97 Å². The van der Waals surface area contributed by atoms with Crippen molar-refractivity contribution in [3.05, 3.63) is 36.0 Å². The molecule has 5 nitrogen and oxygen atoms in total. The number of nitrogens with one attached hydrogen (secondary N) is 1. The van der Waals surface area contributed by atoms with Crippen LogP contribution in [-0.2, 0) is 11.3 Å². The maximum atomic E-state index is 11.8. The lowest BCUT2D eigenvalue weighted by Crippen LogP contribution is -2.29. The topological polar surface area (TPSA) is 71.3 Å². The molecule has 1 aliphatic carbocycles. The van der Waals surface area contributed by atoms with Gasteiger partial charge in [-0.25, -0.2) is 4.79 Å².